The number of likely N-dealkylation sites (tertiary alicyclic amines) is 2. The van der Waals surface area contributed by atoms with Gasteiger partial charge in [-0.1, -0.05) is 6.07 Å². The number of carbonyl (C=O) groups is 1. The lowest BCUT2D eigenvalue weighted by Gasteiger charge is -2.32. The second-order valence-corrected chi connectivity index (χ2v) is 8.26. The molecule has 5 nitrogen and oxygen atoms in total. The van der Waals surface area contributed by atoms with Crippen LogP contribution in [0.5, 0.6) is 0 Å². The van der Waals surface area contributed by atoms with Crippen molar-refractivity contribution in [1.82, 2.24) is 20.4 Å². The zero-order chi connectivity index (χ0) is 16.8. The normalized spacial score (nSPS) is 21.7. The van der Waals surface area contributed by atoms with Crippen molar-refractivity contribution in [2.75, 3.05) is 39.8 Å². The van der Waals surface area contributed by atoms with E-state index < -0.39 is 0 Å². The van der Waals surface area contributed by atoms with Gasteiger partial charge < -0.3 is 15.5 Å². The molecule has 0 spiro atoms. The summed E-state index contributed by atoms with van der Waals surface area (Å²) < 4.78 is 0. The standard InChI is InChI=1S/C18H30N4OS/c1-21-8-6-16(7-9-21)20-18(23)19-13-15-4-10-22(11-5-15)14-17-3-2-12-24-17/h2-3,12,15-16H,4-11,13-14H2,1H3,(H2,19,20,23). The SMILES string of the molecule is CN1CCC(NC(=O)NCC2CCN(Cc3cccs3)CC2)CC1. The minimum absolute atomic E-state index is 0.0190. The van der Waals surface area contributed by atoms with Crippen LogP contribution in [0.4, 0.5) is 4.79 Å². The first-order chi connectivity index (χ1) is 11.7. The molecule has 2 N–H and O–H groups in total. The zero-order valence-electron chi connectivity index (χ0n) is 14.7. The number of urea groups is 1. The highest BCUT2D eigenvalue weighted by Gasteiger charge is 2.21. The van der Waals surface area contributed by atoms with Gasteiger partial charge in [-0.3, -0.25) is 4.90 Å². The number of rotatable bonds is 5. The van der Waals surface area contributed by atoms with Gasteiger partial charge in [-0.15, -0.1) is 11.3 Å². The molecule has 0 aliphatic carbocycles. The number of amides is 2. The van der Waals surface area contributed by atoms with Crippen LogP contribution in [0, 0.1) is 5.92 Å². The summed E-state index contributed by atoms with van der Waals surface area (Å²) in [5.74, 6) is 0.618. The Balaban J connectivity index is 1.29. The summed E-state index contributed by atoms with van der Waals surface area (Å²) in [6.45, 7) is 6.32. The number of nitrogens with one attached hydrogen (secondary N) is 2. The molecule has 1 aromatic rings. The third-order valence-electron chi connectivity index (χ3n) is 5.27. The highest BCUT2D eigenvalue weighted by molar-refractivity contribution is 7.09. The number of piperidine rings is 2. The van der Waals surface area contributed by atoms with Gasteiger partial charge in [0.05, 0.1) is 0 Å². The molecule has 3 heterocycles. The van der Waals surface area contributed by atoms with Crippen LogP contribution >= 0.6 is 11.3 Å². The summed E-state index contributed by atoms with van der Waals surface area (Å²) in [5, 5.41) is 8.37. The molecule has 6 heteroatoms. The molecular weight excluding hydrogens is 320 g/mol. The lowest BCUT2D eigenvalue weighted by atomic mass is 9.97. The third-order valence-corrected chi connectivity index (χ3v) is 6.13. The molecule has 2 aliphatic heterocycles. The van der Waals surface area contributed by atoms with Crippen LogP contribution in [0.25, 0.3) is 0 Å². The smallest absolute Gasteiger partial charge is 0.315 e. The number of carbonyl (C=O) groups excluding carboxylic acids is 1. The summed E-state index contributed by atoms with van der Waals surface area (Å²) in [5.41, 5.74) is 0. The van der Waals surface area contributed by atoms with Crippen molar-refractivity contribution < 1.29 is 4.79 Å². The molecule has 0 bridgehead atoms. The minimum Gasteiger partial charge on any atom is -0.338 e. The summed E-state index contributed by atoms with van der Waals surface area (Å²) in [4.78, 5) is 18.4. The summed E-state index contributed by atoms with van der Waals surface area (Å²) in [6.07, 6.45) is 4.48. The fraction of sp³-hybridized carbons (Fsp3) is 0.722. The van der Waals surface area contributed by atoms with Crippen LogP contribution in [-0.2, 0) is 6.54 Å². The lowest BCUT2D eigenvalue weighted by Crippen LogP contribution is -2.48. The summed E-state index contributed by atoms with van der Waals surface area (Å²) in [7, 11) is 2.14. The van der Waals surface area contributed by atoms with E-state index in [0.717, 1.165) is 52.1 Å². The predicted octanol–water partition coefficient (Wildman–Crippen LogP) is 2.35. The Morgan fingerprint density at radius 3 is 2.62 bits per heavy atom. The maximum atomic E-state index is 12.1. The van der Waals surface area contributed by atoms with Gasteiger partial charge in [0.25, 0.3) is 0 Å². The molecule has 2 aliphatic rings. The van der Waals surface area contributed by atoms with Crippen LogP contribution < -0.4 is 10.6 Å². The number of nitrogens with zero attached hydrogens (tertiary/aromatic N) is 2. The van der Waals surface area contributed by atoms with E-state index in [9.17, 15) is 4.79 Å². The van der Waals surface area contributed by atoms with E-state index >= 15 is 0 Å². The Hall–Kier alpha value is -1.11. The second-order valence-electron chi connectivity index (χ2n) is 7.23. The van der Waals surface area contributed by atoms with Gasteiger partial charge in [0.15, 0.2) is 0 Å². The molecule has 0 saturated carbocycles. The highest BCUT2D eigenvalue weighted by atomic mass is 32.1. The van der Waals surface area contributed by atoms with Gasteiger partial charge in [0.2, 0.25) is 0 Å². The van der Waals surface area contributed by atoms with Gasteiger partial charge in [-0.25, -0.2) is 4.79 Å². The van der Waals surface area contributed by atoms with Gasteiger partial charge >= 0.3 is 6.03 Å². The molecule has 134 valence electrons. The van der Waals surface area contributed by atoms with Crippen molar-refractivity contribution in [2.45, 2.75) is 38.3 Å². The van der Waals surface area contributed by atoms with Crippen molar-refractivity contribution in [1.29, 1.82) is 0 Å². The quantitative estimate of drug-likeness (QED) is 0.857. The van der Waals surface area contributed by atoms with Crippen LogP contribution in [0.3, 0.4) is 0 Å². The number of thiophene rings is 1. The monoisotopic (exact) mass is 350 g/mol. The average Bonchev–Trinajstić information content (AvgIpc) is 3.09. The van der Waals surface area contributed by atoms with E-state index in [4.69, 9.17) is 0 Å². The molecule has 2 fully saturated rings. The highest BCUT2D eigenvalue weighted by Crippen LogP contribution is 2.20. The third kappa shape index (κ3) is 5.46. The Labute approximate surface area is 149 Å². The summed E-state index contributed by atoms with van der Waals surface area (Å²) in [6, 6.07) is 4.70. The van der Waals surface area contributed by atoms with E-state index in [0.29, 0.717) is 12.0 Å². The minimum atomic E-state index is 0.0190. The second kappa shape index (κ2) is 8.83. The largest absolute Gasteiger partial charge is 0.338 e. The fourth-order valence-electron chi connectivity index (χ4n) is 3.60. The van der Waals surface area contributed by atoms with Crippen molar-refractivity contribution >= 4 is 17.4 Å². The lowest BCUT2D eigenvalue weighted by molar-refractivity contribution is 0.174. The average molecular weight is 351 g/mol. The topological polar surface area (TPSA) is 47.6 Å². The van der Waals surface area contributed by atoms with Crippen LogP contribution in [0.15, 0.2) is 17.5 Å². The molecule has 3 rings (SSSR count). The summed E-state index contributed by atoms with van der Waals surface area (Å²) >= 11 is 1.84. The van der Waals surface area contributed by atoms with Crippen molar-refractivity contribution in [3.63, 3.8) is 0 Å². The molecule has 0 unspecified atom stereocenters. The van der Waals surface area contributed by atoms with E-state index in [1.165, 1.54) is 17.7 Å². The zero-order valence-corrected chi connectivity index (χ0v) is 15.5. The maximum absolute atomic E-state index is 12.1. The molecule has 2 saturated heterocycles. The fourth-order valence-corrected chi connectivity index (χ4v) is 4.34. The Morgan fingerprint density at radius 1 is 1.21 bits per heavy atom. The molecule has 0 aromatic carbocycles. The van der Waals surface area contributed by atoms with Gasteiger partial charge in [0, 0.05) is 24.0 Å². The van der Waals surface area contributed by atoms with Gasteiger partial charge in [-0.2, -0.15) is 0 Å². The van der Waals surface area contributed by atoms with Crippen molar-refractivity contribution in [3.05, 3.63) is 22.4 Å². The molecular formula is C18H30N4OS. The predicted molar refractivity (Wildman–Crippen MR) is 99.4 cm³/mol. The Morgan fingerprint density at radius 2 is 1.96 bits per heavy atom. The van der Waals surface area contributed by atoms with Crippen LogP contribution in [0.2, 0.25) is 0 Å². The van der Waals surface area contributed by atoms with Crippen LogP contribution in [0.1, 0.15) is 30.6 Å². The van der Waals surface area contributed by atoms with E-state index in [1.807, 2.05) is 11.3 Å². The van der Waals surface area contributed by atoms with Crippen LogP contribution in [-0.4, -0.2) is 61.6 Å². The molecule has 0 radical (unpaired) electrons. The first-order valence-corrected chi connectivity index (χ1v) is 10.0. The molecule has 24 heavy (non-hydrogen) atoms. The Kier molecular flexibility index (Phi) is 6.51. The first kappa shape index (κ1) is 17.7. The van der Waals surface area contributed by atoms with E-state index in [-0.39, 0.29) is 6.03 Å². The first-order valence-electron chi connectivity index (χ1n) is 9.16. The number of hydrogen-bond donors (Lipinski definition) is 2. The van der Waals surface area contributed by atoms with Crippen molar-refractivity contribution in [2.24, 2.45) is 5.92 Å². The van der Waals surface area contributed by atoms with Gasteiger partial charge in [-0.05, 0) is 76.3 Å². The Bertz CT molecular complexity index is 491. The number of hydrogen-bond acceptors (Lipinski definition) is 4. The van der Waals surface area contributed by atoms with E-state index in [2.05, 4.69) is 45.0 Å². The molecule has 1 aromatic heterocycles. The van der Waals surface area contributed by atoms with Crippen molar-refractivity contribution in [3.8, 4) is 0 Å². The molecule has 0 atom stereocenters. The maximum Gasteiger partial charge on any atom is 0.315 e. The molecule has 2 amide bonds. The van der Waals surface area contributed by atoms with Gasteiger partial charge in [0.1, 0.15) is 0 Å². The van der Waals surface area contributed by atoms with E-state index in [1.54, 1.807) is 0 Å².